The van der Waals surface area contributed by atoms with E-state index in [0.717, 1.165) is 18.7 Å². The third-order valence-corrected chi connectivity index (χ3v) is 3.57. The summed E-state index contributed by atoms with van der Waals surface area (Å²) in [7, 11) is 0. The van der Waals surface area contributed by atoms with Crippen molar-refractivity contribution in [2.75, 3.05) is 18.0 Å². The van der Waals surface area contributed by atoms with Gasteiger partial charge in [-0.15, -0.1) is 0 Å². The summed E-state index contributed by atoms with van der Waals surface area (Å²) in [5, 5.41) is 0. The zero-order valence-corrected chi connectivity index (χ0v) is 11.3. The van der Waals surface area contributed by atoms with Crippen LogP contribution in [-0.4, -0.2) is 19.3 Å². The van der Waals surface area contributed by atoms with Crippen LogP contribution in [0.1, 0.15) is 18.4 Å². The van der Waals surface area contributed by atoms with E-state index in [0.29, 0.717) is 5.69 Å². The molecule has 0 N–H and O–H groups in total. The summed E-state index contributed by atoms with van der Waals surface area (Å²) >= 11 is 0. The van der Waals surface area contributed by atoms with Crippen LogP contribution in [0.5, 0.6) is 0 Å². The molecule has 2 aromatic carbocycles. The second kappa shape index (κ2) is 5.87. The molecule has 0 unspecified atom stereocenters. The standard InChI is InChI=1S/C17H17FN2/c18-16-5-1-2-6-17(16)19-13-14-7-9-15(10-8-14)20-11-3-4-12-20/h1-2,5-10,13H,3-4,11-12H2. The van der Waals surface area contributed by atoms with Gasteiger partial charge in [0, 0.05) is 25.0 Å². The van der Waals surface area contributed by atoms with E-state index in [-0.39, 0.29) is 5.82 Å². The molecule has 0 radical (unpaired) electrons. The Kier molecular flexibility index (Phi) is 3.77. The van der Waals surface area contributed by atoms with Crippen LogP contribution in [-0.2, 0) is 0 Å². The molecule has 3 heteroatoms. The highest BCUT2D eigenvalue weighted by Crippen LogP contribution is 2.20. The van der Waals surface area contributed by atoms with Gasteiger partial charge in [-0.3, -0.25) is 4.99 Å². The lowest BCUT2D eigenvalue weighted by Crippen LogP contribution is -2.17. The molecule has 1 heterocycles. The third kappa shape index (κ3) is 2.87. The molecule has 0 spiro atoms. The minimum atomic E-state index is -0.294. The monoisotopic (exact) mass is 268 g/mol. The number of anilines is 1. The quantitative estimate of drug-likeness (QED) is 0.763. The number of halogens is 1. The molecule has 1 fully saturated rings. The summed E-state index contributed by atoms with van der Waals surface area (Å²) in [5.74, 6) is -0.294. The van der Waals surface area contributed by atoms with Crippen LogP contribution in [0.3, 0.4) is 0 Å². The van der Waals surface area contributed by atoms with Crippen LogP contribution in [0.25, 0.3) is 0 Å². The summed E-state index contributed by atoms with van der Waals surface area (Å²) in [4.78, 5) is 6.58. The fourth-order valence-electron chi connectivity index (χ4n) is 2.45. The van der Waals surface area contributed by atoms with E-state index in [1.54, 1.807) is 24.4 Å². The maximum absolute atomic E-state index is 13.4. The Labute approximate surface area is 118 Å². The number of benzene rings is 2. The SMILES string of the molecule is Fc1ccccc1N=Cc1ccc(N2CCCC2)cc1. The molecule has 1 saturated heterocycles. The van der Waals surface area contributed by atoms with E-state index in [1.807, 2.05) is 12.1 Å². The lowest BCUT2D eigenvalue weighted by atomic mass is 10.2. The first kappa shape index (κ1) is 12.9. The summed E-state index contributed by atoms with van der Waals surface area (Å²) in [6.07, 6.45) is 4.25. The first-order valence-electron chi connectivity index (χ1n) is 6.96. The predicted octanol–water partition coefficient (Wildman–Crippen LogP) is 4.18. The molecule has 2 aromatic rings. The fraction of sp³-hybridized carbons (Fsp3) is 0.235. The average molecular weight is 268 g/mol. The Morgan fingerprint density at radius 3 is 2.35 bits per heavy atom. The van der Waals surface area contributed by atoms with Crippen molar-refractivity contribution in [2.24, 2.45) is 4.99 Å². The van der Waals surface area contributed by atoms with E-state index in [1.165, 1.54) is 24.6 Å². The van der Waals surface area contributed by atoms with Crippen molar-refractivity contribution >= 4 is 17.6 Å². The van der Waals surface area contributed by atoms with Crippen molar-refractivity contribution < 1.29 is 4.39 Å². The van der Waals surface area contributed by atoms with E-state index in [9.17, 15) is 4.39 Å². The van der Waals surface area contributed by atoms with E-state index in [2.05, 4.69) is 22.0 Å². The number of aliphatic imine (C=N–C) groups is 1. The Hall–Kier alpha value is -2.16. The van der Waals surface area contributed by atoms with Crippen LogP contribution in [0, 0.1) is 5.82 Å². The van der Waals surface area contributed by atoms with Crippen molar-refractivity contribution in [2.45, 2.75) is 12.8 Å². The molecule has 0 bridgehead atoms. The normalized spacial score (nSPS) is 15.2. The van der Waals surface area contributed by atoms with Crippen LogP contribution >= 0.6 is 0 Å². The minimum absolute atomic E-state index is 0.294. The Morgan fingerprint density at radius 1 is 0.950 bits per heavy atom. The van der Waals surface area contributed by atoms with Crippen molar-refractivity contribution in [3.63, 3.8) is 0 Å². The smallest absolute Gasteiger partial charge is 0.148 e. The Morgan fingerprint density at radius 2 is 1.65 bits per heavy atom. The van der Waals surface area contributed by atoms with Crippen molar-refractivity contribution in [1.29, 1.82) is 0 Å². The van der Waals surface area contributed by atoms with Crippen molar-refractivity contribution in [1.82, 2.24) is 0 Å². The van der Waals surface area contributed by atoms with Crippen LogP contribution in [0.2, 0.25) is 0 Å². The molecule has 0 aliphatic carbocycles. The zero-order chi connectivity index (χ0) is 13.8. The van der Waals surface area contributed by atoms with Gasteiger partial charge in [0.25, 0.3) is 0 Å². The number of rotatable bonds is 3. The molecule has 0 amide bonds. The number of nitrogens with zero attached hydrogens (tertiary/aromatic N) is 2. The molecule has 3 rings (SSSR count). The van der Waals surface area contributed by atoms with Gasteiger partial charge >= 0.3 is 0 Å². The summed E-state index contributed by atoms with van der Waals surface area (Å²) < 4.78 is 13.4. The highest BCUT2D eigenvalue weighted by atomic mass is 19.1. The molecule has 1 aliphatic heterocycles. The van der Waals surface area contributed by atoms with Gasteiger partial charge in [0.2, 0.25) is 0 Å². The van der Waals surface area contributed by atoms with E-state index < -0.39 is 0 Å². The lowest BCUT2D eigenvalue weighted by Gasteiger charge is -2.17. The zero-order valence-electron chi connectivity index (χ0n) is 11.3. The molecule has 2 nitrogen and oxygen atoms in total. The largest absolute Gasteiger partial charge is 0.372 e. The molecule has 0 atom stereocenters. The third-order valence-electron chi connectivity index (χ3n) is 3.57. The molecular formula is C17H17FN2. The second-order valence-electron chi connectivity index (χ2n) is 5.00. The second-order valence-corrected chi connectivity index (χ2v) is 5.00. The molecule has 20 heavy (non-hydrogen) atoms. The van der Waals surface area contributed by atoms with Crippen LogP contribution in [0.4, 0.5) is 15.8 Å². The topological polar surface area (TPSA) is 15.6 Å². The lowest BCUT2D eigenvalue weighted by molar-refractivity contribution is 0.630. The van der Waals surface area contributed by atoms with Gasteiger partial charge in [0.05, 0.1) is 5.69 Å². The minimum Gasteiger partial charge on any atom is -0.372 e. The Bertz CT molecular complexity index is 599. The summed E-state index contributed by atoms with van der Waals surface area (Å²) in [6, 6.07) is 14.8. The van der Waals surface area contributed by atoms with Gasteiger partial charge in [-0.1, -0.05) is 24.3 Å². The fourth-order valence-corrected chi connectivity index (χ4v) is 2.45. The van der Waals surface area contributed by atoms with Crippen LogP contribution in [0.15, 0.2) is 53.5 Å². The molecule has 0 aromatic heterocycles. The van der Waals surface area contributed by atoms with Gasteiger partial charge in [-0.05, 0) is 42.7 Å². The van der Waals surface area contributed by atoms with Gasteiger partial charge in [0.15, 0.2) is 0 Å². The van der Waals surface area contributed by atoms with Gasteiger partial charge in [0.1, 0.15) is 5.82 Å². The van der Waals surface area contributed by atoms with Gasteiger partial charge in [-0.25, -0.2) is 4.39 Å². The molecule has 0 saturated carbocycles. The summed E-state index contributed by atoms with van der Waals surface area (Å²) in [5.41, 5.74) is 2.61. The molecular weight excluding hydrogens is 251 g/mol. The number of para-hydroxylation sites is 1. The molecule has 1 aliphatic rings. The Balaban J connectivity index is 1.73. The highest BCUT2D eigenvalue weighted by molar-refractivity contribution is 5.82. The first-order valence-corrected chi connectivity index (χ1v) is 6.96. The van der Waals surface area contributed by atoms with Crippen LogP contribution < -0.4 is 4.90 Å². The van der Waals surface area contributed by atoms with Gasteiger partial charge < -0.3 is 4.90 Å². The maximum Gasteiger partial charge on any atom is 0.148 e. The van der Waals surface area contributed by atoms with Crippen molar-refractivity contribution in [3.05, 3.63) is 59.9 Å². The highest BCUT2D eigenvalue weighted by Gasteiger charge is 2.11. The maximum atomic E-state index is 13.4. The molecule has 102 valence electrons. The van der Waals surface area contributed by atoms with E-state index >= 15 is 0 Å². The predicted molar refractivity (Wildman–Crippen MR) is 81.5 cm³/mol. The summed E-state index contributed by atoms with van der Waals surface area (Å²) in [6.45, 7) is 2.28. The number of hydrogen-bond acceptors (Lipinski definition) is 2. The van der Waals surface area contributed by atoms with E-state index in [4.69, 9.17) is 0 Å². The number of hydrogen-bond donors (Lipinski definition) is 0. The average Bonchev–Trinajstić information content (AvgIpc) is 3.01. The van der Waals surface area contributed by atoms with Gasteiger partial charge in [-0.2, -0.15) is 0 Å². The first-order chi connectivity index (χ1) is 9.83. The van der Waals surface area contributed by atoms with Crippen molar-refractivity contribution in [3.8, 4) is 0 Å².